The molecule has 0 radical (unpaired) electrons. The fourth-order valence-corrected chi connectivity index (χ4v) is 0.883. The number of rotatable bonds is 6. The van der Waals surface area contributed by atoms with Crippen molar-refractivity contribution >= 4 is 0 Å². The van der Waals surface area contributed by atoms with Crippen molar-refractivity contribution < 1.29 is 4.84 Å². The van der Waals surface area contributed by atoms with E-state index in [0.717, 1.165) is 25.9 Å². The summed E-state index contributed by atoms with van der Waals surface area (Å²) in [5.74, 6) is 0. The lowest BCUT2D eigenvalue weighted by Crippen LogP contribution is -2.14. The zero-order chi connectivity index (χ0) is 12.1. The van der Waals surface area contributed by atoms with Gasteiger partial charge in [0.05, 0.1) is 6.61 Å². The minimum absolute atomic E-state index is 0.640. The molecule has 0 aliphatic carbocycles. The largest absolute Gasteiger partial charge is 0.330 e. The summed E-state index contributed by atoms with van der Waals surface area (Å²) in [7, 11) is 0. The molecule has 3 heteroatoms. The van der Waals surface area contributed by atoms with Crippen LogP contribution in [0.1, 0.15) is 32.3 Å². The van der Waals surface area contributed by atoms with Crippen LogP contribution in [0.5, 0.6) is 0 Å². The van der Waals surface area contributed by atoms with E-state index in [1.807, 2.05) is 30.3 Å². The topological polar surface area (TPSA) is 47.3 Å². The molecular weight excluding hydrogens is 200 g/mol. The summed E-state index contributed by atoms with van der Waals surface area (Å²) >= 11 is 0. The van der Waals surface area contributed by atoms with E-state index in [1.54, 1.807) is 0 Å². The van der Waals surface area contributed by atoms with E-state index in [1.165, 1.54) is 5.56 Å². The molecular formula is C13H24N2O. The fraction of sp³-hybridized carbons (Fsp3) is 0.538. The van der Waals surface area contributed by atoms with Gasteiger partial charge in [-0.2, -0.15) is 0 Å². The second-order valence-corrected chi connectivity index (χ2v) is 3.46. The van der Waals surface area contributed by atoms with E-state index >= 15 is 0 Å². The van der Waals surface area contributed by atoms with Crippen LogP contribution in [-0.2, 0) is 11.4 Å². The maximum atomic E-state index is 5.21. The first-order chi connectivity index (χ1) is 7.85. The third kappa shape index (κ3) is 9.65. The molecule has 3 N–H and O–H groups in total. The Kier molecular flexibility index (Phi) is 11.5. The van der Waals surface area contributed by atoms with Gasteiger partial charge in [-0.3, -0.25) is 4.84 Å². The predicted octanol–water partition coefficient (Wildman–Crippen LogP) is 2.47. The van der Waals surface area contributed by atoms with E-state index in [4.69, 9.17) is 10.6 Å². The van der Waals surface area contributed by atoms with Gasteiger partial charge in [0.25, 0.3) is 0 Å². The van der Waals surface area contributed by atoms with Gasteiger partial charge in [0.2, 0.25) is 0 Å². The van der Waals surface area contributed by atoms with Crippen LogP contribution in [0.15, 0.2) is 30.3 Å². The van der Waals surface area contributed by atoms with Crippen molar-refractivity contribution in [2.45, 2.75) is 33.3 Å². The highest BCUT2D eigenvalue weighted by Gasteiger charge is 1.89. The molecule has 0 spiro atoms. The highest BCUT2D eigenvalue weighted by atomic mass is 16.6. The first kappa shape index (κ1) is 15.1. The van der Waals surface area contributed by atoms with Gasteiger partial charge >= 0.3 is 0 Å². The summed E-state index contributed by atoms with van der Waals surface area (Å²) in [5.41, 5.74) is 9.11. The zero-order valence-electron chi connectivity index (χ0n) is 10.4. The maximum Gasteiger partial charge on any atom is 0.0933 e. The quantitative estimate of drug-likeness (QED) is 0.576. The number of benzene rings is 1. The first-order valence-electron chi connectivity index (χ1n) is 5.93. The number of hydrogen-bond donors (Lipinski definition) is 2. The van der Waals surface area contributed by atoms with Gasteiger partial charge in [-0.15, -0.1) is 0 Å². The van der Waals surface area contributed by atoms with Crippen LogP contribution >= 0.6 is 0 Å². The van der Waals surface area contributed by atoms with Gasteiger partial charge in [0.1, 0.15) is 0 Å². The molecule has 0 bridgehead atoms. The summed E-state index contributed by atoms with van der Waals surface area (Å²) in [6.45, 7) is 6.53. The molecule has 0 aromatic heterocycles. The van der Waals surface area contributed by atoms with Crippen molar-refractivity contribution in [2.75, 3.05) is 13.1 Å². The third-order valence-electron chi connectivity index (χ3n) is 1.82. The van der Waals surface area contributed by atoms with Crippen LogP contribution in [0, 0.1) is 0 Å². The maximum absolute atomic E-state index is 5.21. The first-order valence-corrected chi connectivity index (χ1v) is 5.93. The van der Waals surface area contributed by atoms with Crippen molar-refractivity contribution in [2.24, 2.45) is 5.73 Å². The molecule has 1 aromatic carbocycles. The van der Waals surface area contributed by atoms with Crippen molar-refractivity contribution in [3.05, 3.63) is 35.9 Å². The third-order valence-corrected chi connectivity index (χ3v) is 1.82. The van der Waals surface area contributed by atoms with Gasteiger partial charge in [0, 0.05) is 6.54 Å². The Morgan fingerprint density at radius 1 is 1.12 bits per heavy atom. The Bertz CT molecular complexity index is 225. The number of hydrogen-bond acceptors (Lipinski definition) is 3. The summed E-state index contributed by atoms with van der Waals surface area (Å²) in [6.07, 6.45) is 2.19. The fourth-order valence-electron chi connectivity index (χ4n) is 0.883. The molecule has 16 heavy (non-hydrogen) atoms. The molecule has 0 unspecified atom stereocenters. The SMILES string of the molecule is CCCN.CCCNOCc1ccccc1. The monoisotopic (exact) mass is 224 g/mol. The van der Waals surface area contributed by atoms with Gasteiger partial charge < -0.3 is 5.73 Å². The van der Waals surface area contributed by atoms with E-state index < -0.39 is 0 Å². The minimum atomic E-state index is 0.640. The Morgan fingerprint density at radius 2 is 1.75 bits per heavy atom. The second kappa shape index (κ2) is 12.2. The summed E-state index contributed by atoms with van der Waals surface area (Å²) in [4.78, 5) is 5.21. The second-order valence-electron chi connectivity index (χ2n) is 3.46. The Hall–Kier alpha value is -0.900. The lowest BCUT2D eigenvalue weighted by molar-refractivity contribution is 0.0283. The van der Waals surface area contributed by atoms with Crippen LogP contribution in [0.2, 0.25) is 0 Å². The Labute approximate surface area is 98.9 Å². The molecule has 1 aromatic rings. The number of nitrogens with one attached hydrogen (secondary N) is 1. The summed E-state index contributed by atoms with van der Waals surface area (Å²) in [5, 5.41) is 0. The van der Waals surface area contributed by atoms with Crippen LogP contribution in [0.25, 0.3) is 0 Å². The van der Waals surface area contributed by atoms with Crippen molar-refractivity contribution in [3.63, 3.8) is 0 Å². The lowest BCUT2D eigenvalue weighted by atomic mass is 10.2. The molecule has 0 heterocycles. The van der Waals surface area contributed by atoms with E-state index in [0.29, 0.717) is 6.61 Å². The standard InChI is InChI=1S/C10H15NO.C3H9N/c1-2-8-11-12-9-10-6-4-3-5-7-10;1-2-3-4/h3-7,11H,2,8-9H2,1H3;2-4H2,1H3. The molecule has 0 atom stereocenters. The smallest absolute Gasteiger partial charge is 0.0933 e. The van der Waals surface area contributed by atoms with Gasteiger partial charge in [-0.05, 0) is 24.9 Å². The van der Waals surface area contributed by atoms with Crippen LogP contribution in [0.4, 0.5) is 0 Å². The summed E-state index contributed by atoms with van der Waals surface area (Å²) < 4.78 is 0. The molecule has 0 saturated heterocycles. The molecule has 0 saturated carbocycles. The molecule has 0 aliphatic heterocycles. The molecule has 92 valence electrons. The predicted molar refractivity (Wildman–Crippen MR) is 68.9 cm³/mol. The van der Waals surface area contributed by atoms with Crippen LogP contribution in [0.3, 0.4) is 0 Å². The Morgan fingerprint density at radius 3 is 2.25 bits per heavy atom. The van der Waals surface area contributed by atoms with E-state index in [9.17, 15) is 0 Å². The average molecular weight is 224 g/mol. The van der Waals surface area contributed by atoms with Gasteiger partial charge in [-0.25, -0.2) is 5.48 Å². The molecule has 1 rings (SSSR count). The highest BCUT2D eigenvalue weighted by molar-refractivity contribution is 5.13. The number of nitrogens with two attached hydrogens (primary N) is 1. The molecule has 0 amide bonds. The number of hydroxylamine groups is 1. The molecule has 3 nitrogen and oxygen atoms in total. The molecule has 0 fully saturated rings. The van der Waals surface area contributed by atoms with E-state index in [2.05, 4.69) is 19.3 Å². The Balaban J connectivity index is 0.000000487. The average Bonchev–Trinajstić information content (AvgIpc) is 2.36. The van der Waals surface area contributed by atoms with Crippen molar-refractivity contribution in [1.29, 1.82) is 0 Å². The lowest BCUT2D eigenvalue weighted by Gasteiger charge is -2.03. The van der Waals surface area contributed by atoms with Crippen LogP contribution < -0.4 is 11.2 Å². The zero-order valence-corrected chi connectivity index (χ0v) is 10.4. The van der Waals surface area contributed by atoms with Crippen LogP contribution in [-0.4, -0.2) is 13.1 Å². The summed E-state index contributed by atoms with van der Waals surface area (Å²) in [6, 6.07) is 10.1. The van der Waals surface area contributed by atoms with E-state index in [-0.39, 0.29) is 0 Å². The van der Waals surface area contributed by atoms with Crippen molar-refractivity contribution in [1.82, 2.24) is 5.48 Å². The van der Waals surface area contributed by atoms with Gasteiger partial charge in [0.15, 0.2) is 0 Å². The minimum Gasteiger partial charge on any atom is -0.330 e. The normalized spacial score (nSPS) is 9.44. The van der Waals surface area contributed by atoms with Gasteiger partial charge in [-0.1, -0.05) is 44.2 Å². The molecule has 0 aliphatic rings. The highest BCUT2D eigenvalue weighted by Crippen LogP contribution is 1.98. The van der Waals surface area contributed by atoms with Crippen molar-refractivity contribution in [3.8, 4) is 0 Å².